The molecule has 2 aliphatic heterocycles. The summed E-state index contributed by atoms with van der Waals surface area (Å²) in [6, 6.07) is 8.37. The summed E-state index contributed by atoms with van der Waals surface area (Å²) in [4.78, 5) is 0. The van der Waals surface area contributed by atoms with Gasteiger partial charge in [-0.25, -0.2) is 12.7 Å². The molecule has 1 fully saturated rings. The number of benzene rings is 1. The Hall–Kier alpha value is -1.07. The number of fused-ring (bicyclic) bond motifs is 2. The Balaban J connectivity index is 1.87. The van der Waals surface area contributed by atoms with Gasteiger partial charge in [0.25, 0.3) is 0 Å². The molecular weight excluding hydrogens is 236 g/mol. The fourth-order valence-corrected chi connectivity index (χ4v) is 3.52. The summed E-state index contributed by atoms with van der Waals surface area (Å²) >= 11 is 0. The Morgan fingerprint density at radius 2 is 1.88 bits per heavy atom. The fourth-order valence-electron chi connectivity index (χ4n) is 2.99. The number of para-hydroxylation sites is 1. The van der Waals surface area contributed by atoms with Crippen LogP contribution in [-0.4, -0.2) is 32.4 Å². The third kappa shape index (κ3) is 1.73. The summed E-state index contributed by atoms with van der Waals surface area (Å²) in [7, 11) is -2.40. The second kappa shape index (κ2) is 3.99. The molecule has 1 spiro atoms. The number of piperidine rings is 1. The molecule has 92 valence electrons. The molecule has 1 aromatic rings. The van der Waals surface area contributed by atoms with Crippen molar-refractivity contribution in [1.29, 1.82) is 0 Å². The van der Waals surface area contributed by atoms with Crippen molar-refractivity contribution in [1.82, 2.24) is 4.31 Å². The highest BCUT2D eigenvalue weighted by atomic mass is 32.2. The van der Waals surface area contributed by atoms with Crippen molar-refractivity contribution < 1.29 is 8.42 Å². The molecule has 2 heterocycles. The molecule has 0 bridgehead atoms. The minimum Gasteiger partial charge on any atom is -0.384 e. The first-order valence-electron chi connectivity index (χ1n) is 5.94. The van der Waals surface area contributed by atoms with Crippen molar-refractivity contribution in [3.8, 4) is 0 Å². The summed E-state index contributed by atoms with van der Waals surface area (Å²) in [5.41, 5.74) is 2.73. The maximum atomic E-state index is 11.0. The first kappa shape index (κ1) is 11.0. The van der Waals surface area contributed by atoms with Gasteiger partial charge in [0.05, 0.1) is 0 Å². The van der Waals surface area contributed by atoms with Gasteiger partial charge in [-0.05, 0) is 24.5 Å². The molecule has 0 atom stereocenters. The predicted molar refractivity (Wildman–Crippen MR) is 67.7 cm³/mol. The summed E-state index contributed by atoms with van der Waals surface area (Å²) in [5, 5.41) is 3.44. The zero-order valence-corrected chi connectivity index (χ0v) is 10.5. The number of nitrogens with one attached hydrogen (secondary N) is 1. The van der Waals surface area contributed by atoms with Gasteiger partial charge >= 0.3 is 0 Å². The van der Waals surface area contributed by atoms with Crippen LogP contribution >= 0.6 is 0 Å². The van der Waals surface area contributed by atoms with Gasteiger partial charge in [0.15, 0.2) is 0 Å². The van der Waals surface area contributed by atoms with Crippen LogP contribution in [0.5, 0.6) is 0 Å². The van der Waals surface area contributed by atoms with E-state index in [1.54, 1.807) is 4.31 Å². The van der Waals surface area contributed by atoms with Gasteiger partial charge in [-0.15, -0.1) is 0 Å². The Labute approximate surface area is 103 Å². The van der Waals surface area contributed by atoms with E-state index in [0.717, 1.165) is 19.4 Å². The highest BCUT2D eigenvalue weighted by Crippen LogP contribution is 2.43. The molecule has 17 heavy (non-hydrogen) atoms. The highest BCUT2D eigenvalue weighted by Gasteiger charge is 2.41. The van der Waals surface area contributed by atoms with Crippen molar-refractivity contribution in [2.45, 2.75) is 18.3 Å². The van der Waals surface area contributed by atoms with E-state index in [1.165, 1.54) is 11.3 Å². The van der Waals surface area contributed by atoms with E-state index in [4.69, 9.17) is 0 Å². The number of hydrogen-bond acceptors (Lipinski definition) is 3. The van der Waals surface area contributed by atoms with Crippen LogP contribution in [0, 0.1) is 0 Å². The van der Waals surface area contributed by atoms with Crippen molar-refractivity contribution in [3.05, 3.63) is 29.8 Å². The van der Waals surface area contributed by atoms with E-state index in [0.29, 0.717) is 13.1 Å². The normalized spacial score (nSPS) is 22.6. The van der Waals surface area contributed by atoms with Crippen LogP contribution in [0.25, 0.3) is 0 Å². The van der Waals surface area contributed by atoms with Gasteiger partial charge in [-0.2, -0.15) is 0 Å². The molecule has 0 radical (unpaired) electrons. The second-order valence-corrected chi connectivity index (χ2v) is 5.91. The van der Waals surface area contributed by atoms with Gasteiger partial charge in [-0.3, -0.25) is 0 Å². The second-order valence-electron chi connectivity index (χ2n) is 4.87. The van der Waals surface area contributed by atoms with E-state index >= 15 is 0 Å². The molecule has 0 saturated carbocycles. The minimum absolute atomic E-state index is 0.151. The summed E-state index contributed by atoms with van der Waals surface area (Å²) in [6.07, 6.45) is 1.83. The lowest BCUT2D eigenvalue weighted by Gasteiger charge is -2.36. The van der Waals surface area contributed by atoms with Gasteiger partial charge in [0, 0.05) is 30.7 Å². The Kier molecular flexibility index (Phi) is 2.60. The zero-order valence-electron chi connectivity index (χ0n) is 9.56. The quantitative estimate of drug-likeness (QED) is 0.732. The van der Waals surface area contributed by atoms with E-state index in [2.05, 4.69) is 23.5 Å². The fraction of sp³-hybridized carbons (Fsp3) is 0.500. The van der Waals surface area contributed by atoms with E-state index in [1.807, 2.05) is 6.07 Å². The standard InChI is InChI=1S/C12H16N2O2S/c15-17(16)14-7-5-12(6-8-14)9-13-11-4-2-1-3-10(11)12/h1-4,13,17H,5-9H2. The molecule has 0 aromatic heterocycles. The summed E-state index contributed by atoms with van der Waals surface area (Å²) in [6.45, 7) is 2.24. The topological polar surface area (TPSA) is 49.4 Å². The van der Waals surface area contributed by atoms with Gasteiger partial charge in [0.1, 0.15) is 0 Å². The summed E-state index contributed by atoms with van der Waals surface area (Å²) < 4.78 is 23.5. The number of rotatable bonds is 1. The van der Waals surface area contributed by atoms with Gasteiger partial charge in [-0.1, -0.05) is 18.2 Å². The molecule has 3 rings (SSSR count). The summed E-state index contributed by atoms with van der Waals surface area (Å²) in [5.74, 6) is 0. The average Bonchev–Trinajstić information content (AvgIpc) is 2.70. The first-order valence-corrected chi connectivity index (χ1v) is 7.07. The molecule has 5 heteroatoms. The maximum Gasteiger partial charge on any atom is 0.203 e. The first-order chi connectivity index (χ1) is 8.21. The third-order valence-corrected chi connectivity index (χ3v) is 4.91. The lowest BCUT2D eigenvalue weighted by Crippen LogP contribution is -2.43. The van der Waals surface area contributed by atoms with Crippen molar-refractivity contribution in [3.63, 3.8) is 0 Å². The lowest BCUT2D eigenvalue weighted by molar-refractivity contribution is 0.253. The van der Waals surface area contributed by atoms with Crippen molar-refractivity contribution in [2.24, 2.45) is 0 Å². The lowest BCUT2D eigenvalue weighted by atomic mass is 9.75. The van der Waals surface area contributed by atoms with Crippen LogP contribution in [0.1, 0.15) is 18.4 Å². The van der Waals surface area contributed by atoms with E-state index < -0.39 is 10.9 Å². The molecule has 0 amide bonds. The molecule has 1 aromatic carbocycles. The Bertz CT molecular complexity index is 497. The average molecular weight is 252 g/mol. The number of thiol groups is 1. The molecule has 1 N–H and O–H groups in total. The SMILES string of the molecule is O=[SH](=O)N1CCC2(CC1)CNc1ccccc12. The molecule has 2 aliphatic rings. The highest BCUT2D eigenvalue weighted by molar-refractivity contribution is 7.69. The molecule has 0 aliphatic carbocycles. The zero-order chi connectivity index (χ0) is 11.9. The maximum absolute atomic E-state index is 11.0. The Morgan fingerprint density at radius 3 is 2.59 bits per heavy atom. The van der Waals surface area contributed by atoms with Crippen molar-refractivity contribution >= 4 is 16.6 Å². The number of hydrogen-bond donors (Lipinski definition) is 2. The predicted octanol–water partition coefficient (Wildman–Crippen LogP) is 0.972. The molecule has 4 nitrogen and oxygen atoms in total. The van der Waals surface area contributed by atoms with Crippen molar-refractivity contribution in [2.75, 3.05) is 25.0 Å². The Morgan fingerprint density at radius 1 is 1.18 bits per heavy atom. The third-order valence-electron chi connectivity index (χ3n) is 4.04. The van der Waals surface area contributed by atoms with Crippen LogP contribution in [0.3, 0.4) is 0 Å². The largest absolute Gasteiger partial charge is 0.384 e. The van der Waals surface area contributed by atoms with Crippen LogP contribution < -0.4 is 5.32 Å². The van der Waals surface area contributed by atoms with E-state index in [-0.39, 0.29) is 5.41 Å². The van der Waals surface area contributed by atoms with Gasteiger partial charge in [0.2, 0.25) is 10.9 Å². The van der Waals surface area contributed by atoms with Crippen LogP contribution in [0.4, 0.5) is 5.69 Å². The smallest absolute Gasteiger partial charge is 0.203 e. The monoisotopic (exact) mass is 252 g/mol. The molecular formula is C12H16N2O2S. The minimum atomic E-state index is -2.40. The molecule has 1 saturated heterocycles. The van der Waals surface area contributed by atoms with Crippen LogP contribution in [0.2, 0.25) is 0 Å². The van der Waals surface area contributed by atoms with Gasteiger partial charge < -0.3 is 5.32 Å². The molecule has 0 unspecified atom stereocenters. The van der Waals surface area contributed by atoms with Crippen LogP contribution in [0.15, 0.2) is 24.3 Å². The number of anilines is 1. The van der Waals surface area contributed by atoms with Crippen LogP contribution in [-0.2, 0) is 16.3 Å². The number of nitrogens with zero attached hydrogens (tertiary/aromatic N) is 1. The van der Waals surface area contributed by atoms with E-state index in [9.17, 15) is 8.42 Å².